The molecule has 0 bridgehead atoms. The van der Waals surface area contributed by atoms with Crippen molar-refractivity contribution in [2.75, 3.05) is 13.7 Å². The van der Waals surface area contributed by atoms with Crippen molar-refractivity contribution >= 4 is 17.5 Å². The summed E-state index contributed by atoms with van der Waals surface area (Å²) in [7, 11) is 1.40. The van der Waals surface area contributed by atoms with Gasteiger partial charge in [0.15, 0.2) is 11.6 Å². The number of esters is 1. The van der Waals surface area contributed by atoms with Gasteiger partial charge in [0.25, 0.3) is 0 Å². The number of methoxy groups -OCH3 is 1. The van der Waals surface area contributed by atoms with Crippen molar-refractivity contribution in [1.82, 2.24) is 5.32 Å². The molecule has 0 radical (unpaired) electrons. The summed E-state index contributed by atoms with van der Waals surface area (Å²) >= 11 is 0. The number of ether oxygens (including phenoxy) is 1. The van der Waals surface area contributed by atoms with Crippen molar-refractivity contribution in [2.45, 2.75) is 99.0 Å². The Morgan fingerprint density at radius 1 is 1.16 bits per heavy atom. The summed E-state index contributed by atoms with van der Waals surface area (Å²) in [6.45, 7) is 15.3. The standard InChI is InChI=1S/C31H46N2O4/c1-27(2,33-18-24(35)37-8)15-19-10-9-12-31(7)25(19)21(34)14-23-29(5)16-20(17-32)26(36)28(3,4)22(29)11-13-30(23,31)6/h14,19-20,22,25,33H,9-13,15-16,18H2,1-8H3/t19?,20?,22-,25?,29-,30+,31+/m0/s1. The molecule has 0 saturated heterocycles. The first-order chi connectivity index (χ1) is 17.1. The molecule has 204 valence electrons. The number of allylic oxidation sites excluding steroid dienone is 2. The van der Waals surface area contributed by atoms with Crippen LogP contribution < -0.4 is 5.32 Å². The number of nitriles is 1. The lowest BCUT2D eigenvalue weighted by Crippen LogP contribution is -2.63. The second kappa shape index (κ2) is 9.04. The largest absolute Gasteiger partial charge is 0.468 e. The lowest BCUT2D eigenvalue weighted by atomic mass is 9.36. The zero-order valence-corrected chi connectivity index (χ0v) is 24.1. The van der Waals surface area contributed by atoms with Crippen molar-refractivity contribution in [3.8, 4) is 6.07 Å². The molecule has 7 atom stereocenters. The van der Waals surface area contributed by atoms with E-state index in [1.807, 2.05) is 19.9 Å². The molecular weight excluding hydrogens is 464 g/mol. The zero-order chi connectivity index (χ0) is 27.6. The molecule has 4 rings (SSSR count). The zero-order valence-electron chi connectivity index (χ0n) is 24.1. The Morgan fingerprint density at radius 3 is 2.46 bits per heavy atom. The number of ketones is 2. The summed E-state index contributed by atoms with van der Waals surface area (Å²) in [5, 5.41) is 13.2. The molecule has 0 heterocycles. The van der Waals surface area contributed by atoms with E-state index in [9.17, 15) is 19.6 Å². The fraction of sp³-hybridized carbons (Fsp3) is 0.806. The average Bonchev–Trinajstić information content (AvgIpc) is 2.81. The molecule has 4 aliphatic rings. The van der Waals surface area contributed by atoms with Gasteiger partial charge in [0.2, 0.25) is 0 Å². The Kier molecular flexibility index (Phi) is 6.85. The SMILES string of the molecule is COC(=O)CNC(C)(C)CC1CCC[C@]2(C)C1C(=O)C=C1[C@@]3(C)CC(C#N)C(=O)C(C)(C)[C@@H]3CC[C@]12C. The molecular formula is C31H46N2O4. The third-order valence-corrected chi connectivity index (χ3v) is 11.5. The molecule has 0 aliphatic heterocycles. The van der Waals surface area contributed by atoms with Crippen LogP contribution in [-0.4, -0.2) is 36.7 Å². The van der Waals surface area contributed by atoms with Gasteiger partial charge in [0, 0.05) is 16.9 Å². The van der Waals surface area contributed by atoms with Crippen LogP contribution in [-0.2, 0) is 19.1 Å². The van der Waals surface area contributed by atoms with Gasteiger partial charge in [0.1, 0.15) is 5.92 Å². The van der Waals surface area contributed by atoms with Crippen LogP contribution in [0.5, 0.6) is 0 Å². The highest BCUT2D eigenvalue weighted by molar-refractivity contribution is 5.96. The third-order valence-electron chi connectivity index (χ3n) is 11.5. The maximum atomic E-state index is 14.1. The molecule has 3 saturated carbocycles. The molecule has 0 aromatic heterocycles. The number of Topliss-reactive ketones (excluding diaryl/α,β-unsaturated/α-hetero) is 1. The van der Waals surface area contributed by atoms with E-state index in [-0.39, 0.29) is 63.6 Å². The average molecular weight is 511 g/mol. The summed E-state index contributed by atoms with van der Waals surface area (Å²) in [5.74, 6) is -0.348. The smallest absolute Gasteiger partial charge is 0.319 e. The van der Waals surface area contributed by atoms with E-state index in [0.29, 0.717) is 6.42 Å². The fourth-order valence-electron chi connectivity index (χ4n) is 9.58. The van der Waals surface area contributed by atoms with Crippen LogP contribution in [0.3, 0.4) is 0 Å². The first-order valence-corrected chi connectivity index (χ1v) is 14.1. The normalized spacial score (nSPS) is 41.0. The van der Waals surface area contributed by atoms with Crippen LogP contribution in [0.4, 0.5) is 0 Å². The van der Waals surface area contributed by atoms with E-state index < -0.39 is 11.3 Å². The second-order valence-corrected chi connectivity index (χ2v) is 14.3. The Balaban J connectivity index is 1.73. The minimum atomic E-state index is -0.624. The Bertz CT molecular complexity index is 1070. The highest BCUT2D eigenvalue weighted by Crippen LogP contribution is 2.72. The monoisotopic (exact) mass is 510 g/mol. The molecule has 37 heavy (non-hydrogen) atoms. The molecule has 6 heteroatoms. The predicted molar refractivity (Wildman–Crippen MR) is 142 cm³/mol. The van der Waals surface area contributed by atoms with Gasteiger partial charge in [0.05, 0.1) is 19.7 Å². The molecule has 3 unspecified atom stereocenters. The van der Waals surface area contributed by atoms with Crippen molar-refractivity contribution in [3.05, 3.63) is 11.6 Å². The highest BCUT2D eigenvalue weighted by Gasteiger charge is 2.67. The van der Waals surface area contributed by atoms with Gasteiger partial charge < -0.3 is 10.1 Å². The topological polar surface area (TPSA) is 96.3 Å². The quantitative estimate of drug-likeness (QED) is 0.497. The van der Waals surface area contributed by atoms with E-state index in [0.717, 1.165) is 38.5 Å². The van der Waals surface area contributed by atoms with Crippen LogP contribution in [0.1, 0.15) is 93.4 Å². The minimum absolute atomic E-state index is 0.0623. The summed E-state index contributed by atoms with van der Waals surface area (Å²) in [6.07, 6.45) is 8.28. The van der Waals surface area contributed by atoms with Gasteiger partial charge in [-0.3, -0.25) is 14.4 Å². The summed E-state index contributed by atoms with van der Waals surface area (Å²) in [4.78, 5) is 39.1. The first-order valence-electron chi connectivity index (χ1n) is 14.1. The van der Waals surface area contributed by atoms with E-state index >= 15 is 0 Å². The van der Waals surface area contributed by atoms with Gasteiger partial charge >= 0.3 is 5.97 Å². The number of hydrogen-bond acceptors (Lipinski definition) is 6. The van der Waals surface area contributed by atoms with Crippen LogP contribution >= 0.6 is 0 Å². The summed E-state index contributed by atoms with van der Waals surface area (Å²) in [5.41, 5.74) is -0.375. The van der Waals surface area contributed by atoms with Gasteiger partial charge in [-0.05, 0) is 86.5 Å². The highest BCUT2D eigenvalue weighted by atomic mass is 16.5. The molecule has 4 aliphatic carbocycles. The van der Waals surface area contributed by atoms with Crippen LogP contribution in [0.2, 0.25) is 0 Å². The molecule has 3 fully saturated rings. The van der Waals surface area contributed by atoms with Crippen LogP contribution in [0, 0.1) is 56.7 Å². The molecule has 0 aromatic carbocycles. The summed E-state index contributed by atoms with van der Waals surface area (Å²) < 4.78 is 4.81. The number of carbonyl (C=O) groups is 3. The number of rotatable bonds is 5. The van der Waals surface area contributed by atoms with Crippen LogP contribution in [0.15, 0.2) is 11.6 Å². The van der Waals surface area contributed by atoms with Crippen molar-refractivity contribution in [1.29, 1.82) is 5.26 Å². The minimum Gasteiger partial charge on any atom is -0.468 e. The van der Waals surface area contributed by atoms with Gasteiger partial charge in [-0.25, -0.2) is 0 Å². The van der Waals surface area contributed by atoms with Crippen molar-refractivity contribution < 1.29 is 19.1 Å². The number of fused-ring (bicyclic) bond motifs is 5. The fourth-order valence-corrected chi connectivity index (χ4v) is 9.58. The lowest BCUT2D eigenvalue weighted by molar-refractivity contribution is -0.157. The second-order valence-electron chi connectivity index (χ2n) is 14.3. The van der Waals surface area contributed by atoms with E-state index in [1.54, 1.807) is 0 Å². The number of carbonyl (C=O) groups excluding carboxylic acids is 3. The molecule has 6 nitrogen and oxygen atoms in total. The van der Waals surface area contributed by atoms with Gasteiger partial charge in [-0.1, -0.05) is 46.6 Å². The van der Waals surface area contributed by atoms with E-state index in [4.69, 9.17) is 4.74 Å². The number of nitrogens with one attached hydrogen (secondary N) is 1. The summed E-state index contributed by atoms with van der Waals surface area (Å²) in [6, 6.07) is 2.31. The Hall–Kier alpha value is -2.00. The maximum Gasteiger partial charge on any atom is 0.319 e. The Morgan fingerprint density at radius 2 is 1.84 bits per heavy atom. The van der Waals surface area contributed by atoms with Gasteiger partial charge in [-0.15, -0.1) is 0 Å². The predicted octanol–water partition coefficient (Wildman–Crippen LogP) is 5.41. The van der Waals surface area contributed by atoms with E-state index in [2.05, 4.69) is 46.0 Å². The Labute approximate surface area is 223 Å². The van der Waals surface area contributed by atoms with E-state index in [1.165, 1.54) is 12.7 Å². The number of nitrogens with zero attached hydrogens (tertiary/aromatic N) is 1. The molecule has 0 amide bonds. The molecule has 1 N–H and O–H groups in total. The number of hydrogen-bond donors (Lipinski definition) is 1. The van der Waals surface area contributed by atoms with Crippen LogP contribution in [0.25, 0.3) is 0 Å². The van der Waals surface area contributed by atoms with Gasteiger partial charge in [-0.2, -0.15) is 5.26 Å². The maximum absolute atomic E-state index is 14.1. The third kappa shape index (κ3) is 4.11. The molecule has 0 spiro atoms. The lowest BCUT2D eigenvalue weighted by Gasteiger charge is -2.67. The van der Waals surface area contributed by atoms with Crippen molar-refractivity contribution in [2.24, 2.45) is 45.3 Å². The van der Waals surface area contributed by atoms with Crippen molar-refractivity contribution in [3.63, 3.8) is 0 Å². The first kappa shape index (κ1) is 28.0. The molecule has 0 aromatic rings.